The van der Waals surface area contributed by atoms with Crippen molar-refractivity contribution >= 4 is 43.2 Å². The molecule has 0 saturated heterocycles. The lowest BCUT2D eigenvalue weighted by molar-refractivity contribution is 0.101. The maximum Gasteiger partial charge on any atom is 0.261 e. The Kier molecular flexibility index (Phi) is 4.89. The molecule has 0 atom stereocenters. The number of Topliss-reactive ketones (excluding diaryl/α,β-unsaturated/α-hetero) is 1. The quantitative estimate of drug-likeness (QED) is 0.471. The fourth-order valence-electron chi connectivity index (χ4n) is 2.83. The molecule has 0 unspecified atom stereocenters. The lowest BCUT2D eigenvalue weighted by Crippen LogP contribution is -2.14. The molecule has 6 nitrogen and oxygen atoms in total. The summed E-state index contributed by atoms with van der Waals surface area (Å²) in [6, 6.07) is 15.1. The maximum absolute atomic E-state index is 12.8. The first-order valence-electron chi connectivity index (χ1n) is 8.80. The molecule has 8 heteroatoms. The summed E-state index contributed by atoms with van der Waals surface area (Å²) in [4.78, 5) is 21.2. The van der Waals surface area contributed by atoms with Crippen molar-refractivity contribution in [3.05, 3.63) is 71.9 Å². The monoisotopic (exact) mass is 423 g/mol. The number of carbonyl (C=O) groups excluding carboxylic acids is 1. The number of fused-ring (bicyclic) bond motifs is 1. The number of aromatic nitrogens is 2. The van der Waals surface area contributed by atoms with E-state index in [1.165, 1.54) is 42.5 Å². The molecule has 146 valence electrons. The number of nitrogens with one attached hydrogen (secondary N) is 1. The second-order valence-electron chi connectivity index (χ2n) is 6.56. The minimum atomic E-state index is -3.79. The highest BCUT2D eigenvalue weighted by Gasteiger charge is 2.17. The molecule has 2 heterocycles. The molecule has 0 saturated carbocycles. The van der Waals surface area contributed by atoms with E-state index < -0.39 is 10.0 Å². The van der Waals surface area contributed by atoms with Crippen LogP contribution in [0.3, 0.4) is 0 Å². The number of benzene rings is 2. The molecule has 0 aliphatic carbocycles. The van der Waals surface area contributed by atoms with Crippen molar-refractivity contribution < 1.29 is 13.2 Å². The average molecular weight is 424 g/mol. The molecule has 0 fully saturated rings. The van der Waals surface area contributed by atoms with Crippen LogP contribution in [-0.2, 0) is 10.0 Å². The molecule has 29 heavy (non-hydrogen) atoms. The van der Waals surface area contributed by atoms with Gasteiger partial charge in [-0.1, -0.05) is 35.6 Å². The SMILES string of the molecule is CC(=O)c1ccc(S(=O)(=O)Nc2cc(-c3nc4cccnc4s3)ccc2C)cc1. The average Bonchev–Trinajstić information content (AvgIpc) is 3.14. The van der Waals surface area contributed by atoms with Gasteiger partial charge in [-0.05, 0) is 49.7 Å². The third kappa shape index (κ3) is 3.90. The fraction of sp³-hybridized carbons (Fsp3) is 0.0952. The van der Waals surface area contributed by atoms with Gasteiger partial charge in [-0.15, -0.1) is 0 Å². The summed E-state index contributed by atoms with van der Waals surface area (Å²) in [7, 11) is -3.79. The van der Waals surface area contributed by atoms with Gasteiger partial charge in [-0.2, -0.15) is 0 Å². The molecule has 4 rings (SSSR count). The Balaban J connectivity index is 1.67. The van der Waals surface area contributed by atoms with Crippen molar-refractivity contribution in [3.8, 4) is 10.6 Å². The van der Waals surface area contributed by atoms with Gasteiger partial charge in [0, 0.05) is 17.3 Å². The number of pyridine rings is 1. The van der Waals surface area contributed by atoms with Gasteiger partial charge >= 0.3 is 0 Å². The number of ketones is 1. The predicted molar refractivity (Wildman–Crippen MR) is 115 cm³/mol. The zero-order valence-electron chi connectivity index (χ0n) is 15.7. The Morgan fingerprint density at radius 3 is 2.52 bits per heavy atom. The first kappa shape index (κ1) is 19.2. The molecule has 0 radical (unpaired) electrons. The Labute approximate surface area is 172 Å². The van der Waals surface area contributed by atoms with Crippen LogP contribution in [0, 0.1) is 6.92 Å². The second-order valence-corrected chi connectivity index (χ2v) is 9.22. The van der Waals surface area contributed by atoms with E-state index in [1.54, 1.807) is 12.3 Å². The van der Waals surface area contributed by atoms with E-state index >= 15 is 0 Å². The van der Waals surface area contributed by atoms with E-state index in [0.29, 0.717) is 11.3 Å². The molecule has 0 aliphatic heterocycles. The lowest BCUT2D eigenvalue weighted by Gasteiger charge is -2.12. The van der Waals surface area contributed by atoms with Crippen LogP contribution in [0.1, 0.15) is 22.8 Å². The standard InChI is InChI=1S/C21H17N3O3S2/c1-13-5-6-16(20-23-18-4-3-11-22-21(18)28-20)12-19(13)24-29(26,27)17-9-7-15(8-10-17)14(2)25/h3-12,24H,1-2H3. The molecular weight excluding hydrogens is 406 g/mol. The van der Waals surface area contributed by atoms with Gasteiger partial charge in [0.1, 0.15) is 15.4 Å². The van der Waals surface area contributed by atoms with Crippen LogP contribution in [0.5, 0.6) is 0 Å². The maximum atomic E-state index is 12.8. The lowest BCUT2D eigenvalue weighted by atomic mass is 10.1. The largest absolute Gasteiger partial charge is 0.295 e. The number of thiazole rings is 1. The number of aryl methyl sites for hydroxylation is 1. The van der Waals surface area contributed by atoms with Gasteiger partial charge in [0.2, 0.25) is 0 Å². The van der Waals surface area contributed by atoms with Crippen LogP contribution in [0.25, 0.3) is 20.9 Å². The highest BCUT2D eigenvalue weighted by molar-refractivity contribution is 7.92. The third-order valence-corrected chi connectivity index (χ3v) is 6.88. The third-order valence-electron chi connectivity index (χ3n) is 4.47. The van der Waals surface area contributed by atoms with Gasteiger partial charge < -0.3 is 0 Å². The van der Waals surface area contributed by atoms with Crippen molar-refractivity contribution in [2.24, 2.45) is 0 Å². The zero-order valence-corrected chi connectivity index (χ0v) is 17.3. The number of hydrogen-bond donors (Lipinski definition) is 1. The Morgan fingerprint density at radius 1 is 1.07 bits per heavy atom. The number of carbonyl (C=O) groups is 1. The van der Waals surface area contributed by atoms with Gasteiger partial charge in [0.05, 0.1) is 10.6 Å². The van der Waals surface area contributed by atoms with E-state index in [-0.39, 0.29) is 10.7 Å². The van der Waals surface area contributed by atoms with Crippen molar-refractivity contribution in [3.63, 3.8) is 0 Å². The number of hydrogen-bond acceptors (Lipinski definition) is 6. The van der Waals surface area contributed by atoms with Crippen molar-refractivity contribution in [1.29, 1.82) is 0 Å². The molecule has 0 aliphatic rings. The molecule has 2 aromatic carbocycles. The van der Waals surface area contributed by atoms with E-state index in [4.69, 9.17) is 0 Å². The normalized spacial score (nSPS) is 11.5. The minimum Gasteiger partial charge on any atom is -0.295 e. The van der Waals surface area contributed by atoms with Crippen molar-refractivity contribution in [2.75, 3.05) is 4.72 Å². The highest BCUT2D eigenvalue weighted by Crippen LogP contribution is 2.32. The zero-order chi connectivity index (χ0) is 20.6. The van der Waals surface area contributed by atoms with Gasteiger partial charge in [0.15, 0.2) is 5.78 Å². The Hall–Kier alpha value is -3.10. The van der Waals surface area contributed by atoms with Crippen LogP contribution in [-0.4, -0.2) is 24.2 Å². The summed E-state index contributed by atoms with van der Waals surface area (Å²) in [5.74, 6) is -0.115. The predicted octanol–water partition coefficient (Wildman–Crippen LogP) is 4.67. The van der Waals surface area contributed by atoms with Crippen LogP contribution in [0.15, 0.2) is 65.7 Å². The van der Waals surface area contributed by atoms with Crippen LogP contribution < -0.4 is 4.72 Å². The summed E-state index contributed by atoms with van der Waals surface area (Å²) >= 11 is 1.45. The summed E-state index contributed by atoms with van der Waals surface area (Å²) in [6.45, 7) is 3.27. The smallest absolute Gasteiger partial charge is 0.261 e. The van der Waals surface area contributed by atoms with Crippen LogP contribution in [0.4, 0.5) is 5.69 Å². The van der Waals surface area contributed by atoms with E-state index in [2.05, 4.69) is 14.7 Å². The van der Waals surface area contributed by atoms with E-state index in [0.717, 1.165) is 26.5 Å². The number of sulfonamides is 1. The molecule has 0 amide bonds. The molecule has 1 N–H and O–H groups in total. The van der Waals surface area contributed by atoms with Crippen molar-refractivity contribution in [1.82, 2.24) is 9.97 Å². The summed E-state index contributed by atoms with van der Waals surface area (Å²) in [6.07, 6.45) is 1.72. The molecule has 0 spiro atoms. The molecule has 4 aromatic rings. The van der Waals surface area contributed by atoms with Gasteiger partial charge in [0.25, 0.3) is 10.0 Å². The van der Waals surface area contributed by atoms with E-state index in [1.807, 2.05) is 31.2 Å². The summed E-state index contributed by atoms with van der Waals surface area (Å²) in [5, 5.41) is 0.768. The molecular formula is C21H17N3O3S2. The van der Waals surface area contributed by atoms with Crippen LogP contribution in [0.2, 0.25) is 0 Å². The number of rotatable bonds is 5. The van der Waals surface area contributed by atoms with Gasteiger partial charge in [-0.25, -0.2) is 18.4 Å². The Bertz CT molecular complexity index is 1290. The summed E-state index contributed by atoms with van der Waals surface area (Å²) in [5.41, 5.74) is 3.35. The van der Waals surface area contributed by atoms with Crippen LogP contribution >= 0.6 is 11.3 Å². The number of nitrogens with zero attached hydrogens (tertiary/aromatic N) is 2. The first-order valence-corrected chi connectivity index (χ1v) is 11.1. The highest BCUT2D eigenvalue weighted by atomic mass is 32.2. The second kappa shape index (κ2) is 7.38. The van der Waals surface area contributed by atoms with Crippen molar-refractivity contribution in [2.45, 2.75) is 18.7 Å². The first-order chi connectivity index (χ1) is 13.8. The number of anilines is 1. The topological polar surface area (TPSA) is 89.0 Å². The Morgan fingerprint density at radius 2 is 1.83 bits per heavy atom. The minimum absolute atomic E-state index is 0.0940. The molecule has 0 bridgehead atoms. The van der Waals surface area contributed by atoms with Gasteiger partial charge in [-0.3, -0.25) is 9.52 Å². The van der Waals surface area contributed by atoms with E-state index in [9.17, 15) is 13.2 Å². The molecule has 2 aromatic heterocycles. The summed E-state index contributed by atoms with van der Waals surface area (Å²) < 4.78 is 28.3. The fourth-order valence-corrected chi connectivity index (χ4v) is 4.86.